The summed E-state index contributed by atoms with van der Waals surface area (Å²) in [7, 11) is 1.34. The fraction of sp³-hybridized carbons (Fsp3) is 0.269. The monoisotopic (exact) mass is 462 g/mol. The number of allylic oxidation sites excluding steroid dienone is 1. The van der Waals surface area contributed by atoms with Crippen LogP contribution in [0.4, 0.5) is 0 Å². The molecule has 0 amide bonds. The molecular formula is C26H26N2O4S. The lowest BCUT2D eigenvalue weighted by atomic mass is 9.96. The second kappa shape index (κ2) is 10.0. The number of aromatic nitrogens is 1. The fourth-order valence-corrected chi connectivity index (χ4v) is 4.84. The molecule has 0 bridgehead atoms. The van der Waals surface area contributed by atoms with E-state index in [4.69, 9.17) is 9.47 Å². The van der Waals surface area contributed by atoms with Crippen molar-refractivity contribution in [3.8, 4) is 5.75 Å². The summed E-state index contributed by atoms with van der Waals surface area (Å²) in [4.78, 5) is 31.3. The summed E-state index contributed by atoms with van der Waals surface area (Å²) >= 11 is 1.31. The highest BCUT2D eigenvalue weighted by molar-refractivity contribution is 7.07. The molecule has 0 unspecified atom stereocenters. The predicted octanol–water partition coefficient (Wildman–Crippen LogP) is 3.59. The predicted molar refractivity (Wildman–Crippen MR) is 129 cm³/mol. The van der Waals surface area contributed by atoms with Gasteiger partial charge in [-0.05, 0) is 42.7 Å². The van der Waals surface area contributed by atoms with Gasteiger partial charge in [0, 0.05) is 0 Å². The fourth-order valence-electron chi connectivity index (χ4n) is 3.79. The van der Waals surface area contributed by atoms with Gasteiger partial charge in [-0.3, -0.25) is 9.36 Å². The number of rotatable bonds is 7. The maximum Gasteiger partial charge on any atom is 0.338 e. The van der Waals surface area contributed by atoms with Crippen LogP contribution in [0, 0.1) is 0 Å². The van der Waals surface area contributed by atoms with Gasteiger partial charge >= 0.3 is 5.97 Å². The molecule has 3 aromatic rings. The lowest BCUT2D eigenvalue weighted by molar-refractivity contribution is -0.136. The molecule has 2 aromatic carbocycles. The maximum atomic E-state index is 13.5. The van der Waals surface area contributed by atoms with Crippen LogP contribution < -0.4 is 19.6 Å². The normalized spacial score (nSPS) is 15.7. The largest absolute Gasteiger partial charge is 0.494 e. The zero-order valence-electron chi connectivity index (χ0n) is 18.9. The number of carbonyl (C=O) groups is 1. The third-order valence-corrected chi connectivity index (χ3v) is 6.47. The molecule has 0 saturated carbocycles. The van der Waals surface area contributed by atoms with E-state index in [9.17, 15) is 9.59 Å². The molecule has 0 spiro atoms. The first-order valence-corrected chi connectivity index (χ1v) is 11.7. The van der Waals surface area contributed by atoms with Gasteiger partial charge in [-0.15, -0.1) is 0 Å². The van der Waals surface area contributed by atoms with E-state index < -0.39 is 12.0 Å². The number of nitrogens with zero attached hydrogens (tertiary/aromatic N) is 2. The van der Waals surface area contributed by atoms with Crippen LogP contribution in [-0.4, -0.2) is 24.3 Å². The number of hydrogen-bond acceptors (Lipinski definition) is 6. The van der Waals surface area contributed by atoms with Gasteiger partial charge in [0.15, 0.2) is 4.80 Å². The summed E-state index contributed by atoms with van der Waals surface area (Å²) in [5.74, 6) is 0.322. The second-order valence-corrected chi connectivity index (χ2v) is 8.76. The number of fused-ring (bicyclic) bond motifs is 1. The molecule has 1 atom stereocenters. The van der Waals surface area contributed by atoms with Crippen molar-refractivity contribution in [1.82, 2.24) is 4.57 Å². The lowest BCUT2D eigenvalue weighted by Gasteiger charge is -2.24. The first-order valence-electron chi connectivity index (χ1n) is 10.9. The van der Waals surface area contributed by atoms with Crippen LogP contribution in [-0.2, 0) is 9.53 Å². The Hall–Kier alpha value is -3.45. The minimum absolute atomic E-state index is 0.190. The zero-order chi connectivity index (χ0) is 23.4. The maximum absolute atomic E-state index is 13.5. The van der Waals surface area contributed by atoms with E-state index in [1.54, 1.807) is 11.5 Å². The Bertz CT molecular complexity index is 1350. The van der Waals surface area contributed by atoms with Gasteiger partial charge in [-0.2, -0.15) is 0 Å². The SMILES string of the molecule is CCCCOc1ccc(/C=c2\sc3n(c2=O)[C@@H](c2ccccc2)C(C(=O)OC)=C(C)N=3)cc1. The molecule has 2 heterocycles. The van der Waals surface area contributed by atoms with Crippen molar-refractivity contribution in [2.24, 2.45) is 4.99 Å². The number of ether oxygens (including phenoxy) is 2. The molecule has 0 fully saturated rings. The molecule has 1 aliphatic heterocycles. The van der Waals surface area contributed by atoms with Crippen LogP contribution in [0.25, 0.3) is 6.08 Å². The number of thiazole rings is 1. The molecule has 33 heavy (non-hydrogen) atoms. The van der Waals surface area contributed by atoms with Crippen LogP contribution in [0.1, 0.15) is 43.9 Å². The highest BCUT2D eigenvalue weighted by Gasteiger charge is 2.32. The van der Waals surface area contributed by atoms with Crippen LogP contribution in [0.3, 0.4) is 0 Å². The minimum Gasteiger partial charge on any atom is -0.494 e. The molecule has 6 nitrogen and oxygen atoms in total. The summed E-state index contributed by atoms with van der Waals surface area (Å²) < 4.78 is 12.9. The molecule has 0 aliphatic carbocycles. The molecule has 1 aromatic heterocycles. The zero-order valence-corrected chi connectivity index (χ0v) is 19.7. The third kappa shape index (κ3) is 4.68. The lowest BCUT2D eigenvalue weighted by Crippen LogP contribution is -2.39. The van der Waals surface area contributed by atoms with Gasteiger partial charge in [-0.25, -0.2) is 9.79 Å². The Kier molecular flexibility index (Phi) is 6.89. The first kappa shape index (κ1) is 22.7. The van der Waals surface area contributed by atoms with Crippen LogP contribution >= 0.6 is 11.3 Å². The van der Waals surface area contributed by atoms with Gasteiger partial charge in [0.2, 0.25) is 0 Å². The number of methoxy groups -OCH3 is 1. The van der Waals surface area contributed by atoms with E-state index in [0.717, 1.165) is 29.7 Å². The van der Waals surface area contributed by atoms with Gasteiger partial charge in [-0.1, -0.05) is 67.1 Å². The number of hydrogen-bond donors (Lipinski definition) is 0. The van der Waals surface area contributed by atoms with E-state index in [-0.39, 0.29) is 5.56 Å². The minimum atomic E-state index is -0.591. The van der Waals surface area contributed by atoms with E-state index in [1.807, 2.05) is 60.7 Å². The van der Waals surface area contributed by atoms with E-state index >= 15 is 0 Å². The summed E-state index contributed by atoms with van der Waals surface area (Å²) in [6.07, 6.45) is 3.94. The highest BCUT2D eigenvalue weighted by atomic mass is 32.1. The summed E-state index contributed by atoms with van der Waals surface area (Å²) in [6, 6.07) is 16.6. The topological polar surface area (TPSA) is 69.9 Å². The molecule has 4 rings (SSSR count). The van der Waals surface area contributed by atoms with Gasteiger partial charge in [0.05, 0.1) is 35.6 Å². The van der Waals surface area contributed by atoms with Crippen molar-refractivity contribution in [2.75, 3.05) is 13.7 Å². The quantitative estimate of drug-likeness (QED) is 0.398. The number of esters is 1. The average Bonchev–Trinajstić information content (AvgIpc) is 3.14. The second-order valence-electron chi connectivity index (χ2n) is 7.76. The van der Waals surface area contributed by atoms with Crippen molar-refractivity contribution in [3.05, 3.63) is 96.7 Å². The van der Waals surface area contributed by atoms with Gasteiger partial charge < -0.3 is 9.47 Å². The standard InChI is InChI=1S/C26H26N2O4S/c1-4-5-15-32-20-13-11-18(12-14-20)16-21-24(29)28-23(19-9-7-6-8-10-19)22(25(30)31-3)17(2)27-26(28)33-21/h6-14,16,23H,4-5,15H2,1-3H3/b21-16-/t23-/m0/s1. The Morgan fingerprint density at radius 3 is 2.55 bits per heavy atom. The van der Waals surface area contributed by atoms with Crippen molar-refractivity contribution < 1.29 is 14.3 Å². The Labute approximate surface area is 196 Å². The Morgan fingerprint density at radius 2 is 1.88 bits per heavy atom. The van der Waals surface area contributed by atoms with E-state index in [1.165, 1.54) is 18.4 Å². The molecule has 0 saturated heterocycles. The molecule has 0 radical (unpaired) electrons. The average molecular weight is 463 g/mol. The van der Waals surface area contributed by atoms with E-state index in [2.05, 4.69) is 11.9 Å². The summed E-state index contributed by atoms with van der Waals surface area (Å²) in [6.45, 7) is 4.59. The number of benzene rings is 2. The van der Waals surface area contributed by atoms with Crippen LogP contribution in [0.5, 0.6) is 5.75 Å². The first-order chi connectivity index (χ1) is 16.0. The van der Waals surface area contributed by atoms with Crippen molar-refractivity contribution in [1.29, 1.82) is 0 Å². The van der Waals surface area contributed by atoms with Crippen LogP contribution in [0.15, 0.2) is 75.7 Å². The van der Waals surface area contributed by atoms with Gasteiger partial charge in [0.25, 0.3) is 5.56 Å². The number of unbranched alkanes of at least 4 members (excludes halogenated alkanes) is 1. The third-order valence-electron chi connectivity index (χ3n) is 5.49. The molecule has 1 aliphatic rings. The van der Waals surface area contributed by atoms with E-state index in [0.29, 0.717) is 27.2 Å². The molecule has 0 N–H and O–H groups in total. The van der Waals surface area contributed by atoms with Crippen LogP contribution in [0.2, 0.25) is 0 Å². The summed E-state index contributed by atoms with van der Waals surface area (Å²) in [5, 5.41) is 0. The molecule has 170 valence electrons. The summed E-state index contributed by atoms with van der Waals surface area (Å²) in [5.41, 5.74) is 2.45. The molecule has 7 heteroatoms. The number of carbonyl (C=O) groups excluding carboxylic acids is 1. The van der Waals surface area contributed by atoms with Crippen molar-refractivity contribution >= 4 is 23.4 Å². The van der Waals surface area contributed by atoms with Crippen molar-refractivity contribution in [2.45, 2.75) is 32.7 Å². The Balaban J connectivity index is 1.78. The molecular weight excluding hydrogens is 436 g/mol. The highest BCUT2D eigenvalue weighted by Crippen LogP contribution is 2.30. The smallest absolute Gasteiger partial charge is 0.338 e. The van der Waals surface area contributed by atoms with Crippen molar-refractivity contribution in [3.63, 3.8) is 0 Å². The Morgan fingerprint density at radius 1 is 1.15 bits per heavy atom. The van der Waals surface area contributed by atoms with Gasteiger partial charge in [0.1, 0.15) is 5.75 Å².